The molecule has 14 heteroatoms. The largest absolute Gasteiger partial charge is 0.497 e. The van der Waals surface area contributed by atoms with Gasteiger partial charge in [0.1, 0.15) is 47.5 Å². The van der Waals surface area contributed by atoms with Gasteiger partial charge in [0.15, 0.2) is 0 Å². The van der Waals surface area contributed by atoms with Crippen LogP contribution in [-0.4, -0.2) is 63.8 Å². The van der Waals surface area contributed by atoms with Crippen LogP contribution in [-0.2, 0) is 37.3 Å². The molecule has 14 nitrogen and oxygen atoms in total. The van der Waals surface area contributed by atoms with Gasteiger partial charge >= 0.3 is 0 Å². The number of hydrogen-bond donors (Lipinski definition) is 0. The smallest absolute Gasteiger partial charge is 0.134 e. The Morgan fingerprint density at radius 3 is 1.16 bits per heavy atom. The van der Waals surface area contributed by atoms with E-state index >= 15 is 0 Å². The summed E-state index contributed by atoms with van der Waals surface area (Å²) in [5.74, 6) is 3.67. The molecule has 0 spiro atoms. The quantitative estimate of drug-likeness (QED) is 0.104. The van der Waals surface area contributed by atoms with Gasteiger partial charge in [0, 0.05) is 36.1 Å². The highest BCUT2D eigenvalue weighted by Crippen LogP contribution is 2.32. The summed E-state index contributed by atoms with van der Waals surface area (Å²) in [6.45, 7) is 15.5. The van der Waals surface area contributed by atoms with E-state index in [2.05, 4.69) is 145 Å². The number of fused-ring (bicyclic) bond motifs is 2. The molecule has 0 saturated carbocycles. The first kappa shape index (κ1) is 46.8. The molecule has 0 bridgehead atoms. The van der Waals surface area contributed by atoms with Crippen LogP contribution in [0.5, 0.6) is 11.5 Å². The van der Waals surface area contributed by atoms with Crippen molar-refractivity contribution in [2.24, 2.45) is 0 Å². The number of hydrogen-bond acceptors (Lipinski definition) is 10. The van der Waals surface area contributed by atoms with Crippen LogP contribution in [0.2, 0.25) is 0 Å². The molecule has 0 radical (unpaired) electrons. The van der Waals surface area contributed by atoms with Crippen molar-refractivity contribution in [2.75, 3.05) is 24.0 Å². The lowest BCUT2D eigenvalue weighted by Gasteiger charge is -2.25. The first-order valence-corrected chi connectivity index (χ1v) is 23.5. The van der Waals surface area contributed by atoms with E-state index in [1.807, 2.05) is 116 Å². The zero-order valence-electron chi connectivity index (χ0n) is 41.2. The van der Waals surface area contributed by atoms with Crippen molar-refractivity contribution < 1.29 is 9.47 Å². The van der Waals surface area contributed by atoms with Gasteiger partial charge in [-0.1, -0.05) is 137 Å². The summed E-state index contributed by atoms with van der Waals surface area (Å²) < 4.78 is 18.7. The van der Waals surface area contributed by atoms with Gasteiger partial charge in [0.25, 0.3) is 0 Å². The lowest BCUT2D eigenvalue weighted by atomic mass is 9.92. The van der Waals surface area contributed by atoms with E-state index in [1.54, 1.807) is 14.2 Å². The van der Waals surface area contributed by atoms with Gasteiger partial charge in [-0.25, -0.2) is 18.7 Å². The second kappa shape index (κ2) is 20.1. The molecular weight excluding hydrogens is 873 g/mol. The Bertz CT molecular complexity index is 3050. The fraction of sp³-hybridized carbons (Fsp3) is 0.250. The minimum atomic E-state index is -0.0967. The number of ether oxygens (including phenoxy) is 2. The molecule has 0 saturated heterocycles. The summed E-state index contributed by atoms with van der Waals surface area (Å²) in [7, 11) is 3.37. The number of rotatable bonds is 14. The number of para-hydroxylation sites is 4. The molecule has 70 heavy (non-hydrogen) atoms. The Morgan fingerprint density at radius 1 is 0.443 bits per heavy atom. The van der Waals surface area contributed by atoms with Crippen molar-refractivity contribution in [3.63, 3.8) is 0 Å². The van der Waals surface area contributed by atoms with Crippen LogP contribution in [0.25, 0.3) is 33.4 Å². The third-order valence-electron chi connectivity index (χ3n) is 12.1. The highest BCUT2D eigenvalue weighted by molar-refractivity contribution is 5.74. The van der Waals surface area contributed by atoms with Crippen LogP contribution in [0.15, 0.2) is 170 Å². The van der Waals surface area contributed by atoms with Crippen molar-refractivity contribution in [2.45, 2.75) is 78.8 Å². The maximum Gasteiger partial charge on any atom is 0.134 e. The SMILES string of the molecule is COc1ccc(CN(Cn2nnc3ccccc32)c2cc(C(C)(C)C)nn2-c2ccccc2)cc1.COc1ccc(CN(Cn2nnc3ccccc32)c2cc(C(C)(C)C)nn2-c2ccccc2)cc1. The minimum Gasteiger partial charge on any atom is -0.497 e. The molecule has 0 aliphatic rings. The number of benzene rings is 6. The standard InChI is InChI=1S/2C28H30N6O/c2*1-28(2,3)26-18-27(34(30-26)22-10-6-5-7-11-22)32(19-21-14-16-23(35-4)17-15-21)20-33-25-13-9-8-12-24(25)29-31-33/h2*5-18H,19-20H2,1-4H3. The van der Waals surface area contributed by atoms with Gasteiger partial charge in [0.05, 0.1) is 48.0 Å². The fourth-order valence-corrected chi connectivity index (χ4v) is 8.12. The van der Waals surface area contributed by atoms with E-state index in [1.165, 1.54) is 0 Å². The summed E-state index contributed by atoms with van der Waals surface area (Å²) in [6.07, 6.45) is 0. The maximum absolute atomic E-state index is 5.36. The fourth-order valence-electron chi connectivity index (χ4n) is 8.12. The van der Waals surface area contributed by atoms with Crippen LogP contribution in [0.3, 0.4) is 0 Å². The second-order valence-corrected chi connectivity index (χ2v) is 19.3. The highest BCUT2D eigenvalue weighted by atomic mass is 16.5. The van der Waals surface area contributed by atoms with Crippen LogP contribution in [0.1, 0.15) is 64.1 Å². The lowest BCUT2D eigenvalue weighted by Crippen LogP contribution is -2.28. The summed E-state index contributed by atoms with van der Waals surface area (Å²) in [5.41, 5.74) is 9.96. The van der Waals surface area contributed by atoms with E-state index < -0.39 is 0 Å². The lowest BCUT2D eigenvalue weighted by molar-refractivity contribution is 0.414. The van der Waals surface area contributed by atoms with Crippen LogP contribution in [0.4, 0.5) is 11.6 Å². The summed E-state index contributed by atoms with van der Waals surface area (Å²) in [5, 5.41) is 27.7. The Hall–Kier alpha value is -8.26. The van der Waals surface area contributed by atoms with Crippen molar-refractivity contribution >= 4 is 33.7 Å². The molecule has 0 aliphatic carbocycles. The molecule has 4 heterocycles. The molecule has 10 rings (SSSR count). The molecule has 0 fully saturated rings. The van der Waals surface area contributed by atoms with Gasteiger partial charge < -0.3 is 19.3 Å². The van der Waals surface area contributed by atoms with Gasteiger partial charge in [-0.15, -0.1) is 10.2 Å². The first-order valence-electron chi connectivity index (χ1n) is 23.5. The third kappa shape index (κ3) is 10.6. The Morgan fingerprint density at radius 2 is 0.800 bits per heavy atom. The summed E-state index contributed by atoms with van der Waals surface area (Å²) >= 11 is 0. The maximum atomic E-state index is 5.36. The zero-order chi connectivity index (χ0) is 48.8. The third-order valence-corrected chi connectivity index (χ3v) is 12.1. The number of aromatic nitrogens is 10. The van der Waals surface area contributed by atoms with E-state index in [4.69, 9.17) is 19.7 Å². The molecule has 0 unspecified atom stereocenters. The predicted molar refractivity (Wildman–Crippen MR) is 278 cm³/mol. The van der Waals surface area contributed by atoms with Crippen molar-refractivity contribution in [1.82, 2.24) is 49.5 Å². The molecule has 0 amide bonds. The molecule has 0 aliphatic heterocycles. The van der Waals surface area contributed by atoms with Crippen LogP contribution >= 0.6 is 0 Å². The average molecular weight is 933 g/mol. The minimum absolute atomic E-state index is 0.0967. The summed E-state index contributed by atoms with van der Waals surface area (Å²) in [6, 6.07) is 57.3. The number of nitrogens with zero attached hydrogens (tertiary/aromatic N) is 12. The Balaban J connectivity index is 0.000000174. The molecule has 356 valence electrons. The Kier molecular flexibility index (Phi) is 13.5. The van der Waals surface area contributed by atoms with Gasteiger partial charge in [-0.3, -0.25) is 0 Å². The molecule has 6 aromatic carbocycles. The number of methoxy groups -OCH3 is 2. The van der Waals surface area contributed by atoms with E-state index in [9.17, 15) is 0 Å². The molecule has 0 atom stereocenters. The monoisotopic (exact) mass is 932 g/mol. The van der Waals surface area contributed by atoms with Crippen LogP contribution < -0.4 is 19.3 Å². The first-order chi connectivity index (χ1) is 33.8. The zero-order valence-corrected chi connectivity index (χ0v) is 41.2. The van der Waals surface area contributed by atoms with E-state index in [-0.39, 0.29) is 10.8 Å². The molecule has 0 N–H and O–H groups in total. The van der Waals surface area contributed by atoms with Crippen molar-refractivity contribution in [3.8, 4) is 22.9 Å². The molecule has 4 aromatic heterocycles. The second-order valence-electron chi connectivity index (χ2n) is 19.3. The van der Waals surface area contributed by atoms with E-state index in [0.29, 0.717) is 26.4 Å². The van der Waals surface area contributed by atoms with Gasteiger partial charge in [0.2, 0.25) is 0 Å². The Labute approximate surface area is 409 Å². The number of anilines is 2. The normalized spacial score (nSPS) is 11.7. The van der Waals surface area contributed by atoms with Gasteiger partial charge in [-0.2, -0.15) is 10.2 Å². The van der Waals surface area contributed by atoms with Gasteiger partial charge in [-0.05, 0) is 83.9 Å². The van der Waals surface area contributed by atoms with Crippen LogP contribution in [0, 0.1) is 0 Å². The predicted octanol–water partition coefficient (Wildman–Crippen LogP) is 11.2. The molecular formula is C56H60N12O2. The van der Waals surface area contributed by atoms with Crippen molar-refractivity contribution in [3.05, 3.63) is 192 Å². The highest BCUT2D eigenvalue weighted by Gasteiger charge is 2.26. The molecule has 10 aromatic rings. The average Bonchev–Trinajstić information content (AvgIpc) is 4.21. The van der Waals surface area contributed by atoms with E-state index in [0.717, 1.165) is 79.1 Å². The summed E-state index contributed by atoms with van der Waals surface area (Å²) in [4.78, 5) is 4.58. The van der Waals surface area contributed by atoms with Crippen molar-refractivity contribution in [1.29, 1.82) is 0 Å². The topological polar surface area (TPSA) is 122 Å².